The molecule has 0 unspecified atom stereocenters. The Hall–Kier alpha value is -1.98. The van der Waals surface area contributed by atoms with Gasteiger partial charge in [-0.25, -0.2) is 8.78 Å². The zero-order valence-corrected chi connectivity index (χ0v) is 9.82. The van der Waals surface area contributed by atoms with E-state index in [9.17, 15) is 18.4 Å². The molecule has 1 aromatic carbocycles. The highest BCUT2D eigenvalue weighted by atomic mass is 19.2. The van der Waals surface area contributed by atoms with E-state index in [1.54, 1.807) is 0 Å². The summed E-state index contributed by atoms with van der Waals surface area (Å²) in [6.45, 7) is 0. The molecule has 1 N–H and O–H groups in total. The summed E-state index contributed by atoms with van der Waals surface area (Å²) in [7, 11) is 1.43. The minimum Gasteiger partial charge on any atom is -0.481 e. The first-order valence-electron chi connectivity index (χ1n) is 5.35. The molecule has 0 aliphatic carbocycles. The molecule has 0 heterocycles. The van der Waals surface area contributed by atoms with E-state index >= 15 is 0 Å². The van der Waals surface area contributed by atoms with Gasteiger partial charge in [-0.3, -0.25) is 9.59 Å². The minimum atomic E-state index is -1.03. The second-order valence-corrected chi connectivity index (χ2v) is 3.80. The largest absolute Gasteiger partial charge is 0.481 e. The molecule has 0 aromatic heterocycles. The van der Waals surface area contributed by atoms with Crippen molar-refractivity contribution in [1.82, 2.24) is 0 Å². The van der Waals surface area contributed by atoms with Crippen LogP contribution in [0.15, 0.2) is 18.2 Å². The van der Waals surface area contributed by atoms with E-state index < -0.39 is 17.6 Å². The Kier molecular flexibility index (Phi) is 4.76. The van der Waals surface area contributed by atoms with Gasteiger partial charge < -0.3 is 10.0 Å². The first-order valence-corrected chi connectivity index (χ1v) is 5.35. The van der Waals surface area contributed by atoms with Gasteiger partial charge in [-0.05, 0) is 18.6 Å². The van der Waals surface area contributed by atoms with Crippen molar-refractivity contribution >= 4 is 17.6 Å². The number of rotatable bonds is 5. The maximum atomic E-state index is 13.0. The number of anilines is 1. The third-order valence-electron chi connectivity index (χ3n) is 2.45. The number of aliphatic carboxylic acids is 1. The summed E-state index contributed by atoms with van der Waals surface area (Å²) in [5.74, 6) is -3.33. The Bertz CT molecular complexity index is 463. The van der Waals surface area contributed by atoms with Crippen LogP contribution in [0, 0.1) is 11.6 Å². The predicted octanol–water partition coefficient (Wildman–Crippen LogP) is 2.18. The van der Waals surface area contributed by atoms with Crippen molar-refractivity contribution in [3.05, 3.63) is 29.8 Å². The van der Waals surface area contributed by atoms with Crippen molar-refractivity contribution in [2.75, 3.05) is 11.9 Å². The lowest BCUT2D eigenvalue weighted by atomic mass is 10.2. The van der Waals surface area contributed by atoms with Gasteiger partial charge in [0.05, 0.1) is 0 Å². The number of hydrogen-bond donors (Lipinski definition) is 1. The summed E-state index contributed by atoms with van der Waals surface area (Å²) in [6.07, 6.45) is 0.154. The van der Waals surface area contributed by atoms with Gasteiger partial charge in [-0.2, -0.15) is 0 Å². The zero-order chi connectivity index (χ0) is 13.7. The Morgan fingerprint density at radius 2 is 1.89 bits per heavy atom. The highest BCUT2D eigenvalue weighted by Crippen LogP contribution is 2.17. The molecule has 0 aliphatic rings. The van der Waals surface area contributed by atoms with E-state index in [4.69, 9.17) is 5.11 Å². The second-order valence-electron chi connectivity index (χ2n) is 3.80. The van der Waals surface area contributed by atoms with Crippen LogP contribution in [0.3, 0.4) is 0 Å². The van der Waals surface area contributed by atoms with Crippen LogP contribution in [0.4, 0.5) is 14.5 Å². The Balaban J connectivity index is 2.62. The lowest BCUT2D eigenvalue weighted by molar-refractivity contribution is -0.137. The fourth-order valence-corrected chi connectivity index (χ4v) is 1.40. The number of carboxylic acids is 1. The average molecular weight is 257 g/mol. The Morgan fingerprint density at radius 3 is 2.44 bits per heavy atom. The molecule has 1 rings (SSSR count). The van der Waals surface area contributed by atoms with Crippen molar-refractivity contribution < 1.29 is 23.5 Å². The topological polar surface area (TPSA) is 57.6 Å². The van der Waals surface area contributed by atoms with Crippen LogP contribution in [-0.4, -0.2) is 24.0 Å². The molecule has 6 heteroatoms. The van der Waals surface area contributed by atoms with Gasteiger partial charge in [0.1, 0.15) is 0 Å². The molecule has 1 aromatic rings. The SMILES string of the molecule is CN(C(=O)CCCC(=O)O)c1ccc(F)c(F)c1. The molecule has 0 atom stereocenters. The number of carbonyl (C=O) groups excluding carboxylic acids is 1. The number of carboxylic acid groups (broad SMARTS) is 1. The molecule has 0 saturated carbocycles. The molecule has 0 bridgehead atoms. The highest BCUT2D eigenvalue weighted by molar-refractivity contribution is 5.92. The smallest absolute Gasteiger partial charge is 0.303 e. The van der Waals surface area contributed by atoms with Gasteiger partial charge in [-0.1, -0.05) is 0 Å². The number of halogens is 2. The molecule has 18 heavy (non-hydrogen) atoms. The summed E-state index contributed by atoms with van der Waals surface area (Å²) < 4.78 is 25.7. The lowest BCUT2D eigenvalue weighted by Crippen LogP contribution is -2.26. The summed E-state index contributed by atoms with van der Waals surface area (Å²) >= 11 is 0. The molecule has 0 spiro atoms. The van der Waals surface area contributed by atoms with Crippen molar-refractivity contribution in [2.24, 2.45) is 0 Å². The number of hydrogen-bond acceptors (Lipinski definition) is 2. The van der Waals surface area contributed by atoms with Crippen molar-refractivity contribution in [3.8, 4) is 0 Å². The fraction of sp³-hybridized carbons (Fsp3) is 0.333. The lowest BCUT2D eigenvalue weighted by Gasteiger charge is -2.17. The molecule has 1 amide bonds. The minimum absolute atomic E-state index is 0.0434. The van der Waals surface area contributed by atoms with E-state index in [0.717, 1.165) is 12.1 Å². The molecular formula is C12H13F2NO3. The monoisotopic (exact) mass is 257 g/mol. The third kappa shape index (κ3) is 3.80. The van der Waals surface area contributed by atoms with Crippen LogP contribution in [0.2, 0.25) is 0 Å². The summed E-state index contributed by atoms with van der Waals surface area (Å²) in [6, 6.07) is 3.14. The van der Waals surface area contributed by atoms with Crippen LogP contribution < -0.4 is 4.90 Å². The van der Waals surface area contributed by atoms with Crippen LogP contribution >= 0.6 is 0 Å². The predicted molar refractivity (Wildman–Crippen MR) is 61.3 cm³/mol. The maximum Gasteiger partial charge on any atom is 0.303 e. The van der Waals surface area contributed by atoms with Gasteiger partial charge in [0.15, 0.2) is 11.6 Å². The Labute approximate surface area is 103 Å². The quantitative estimate of drug-likeness (QED) is 0.879. The van der Waals surface area contributed by atoms with E-state index in [1.807, 2.05) is 0 Å². The number of nitrogens with zero attached hydrogens (tertiary/aromatic N) is 1. The van der Waals surface area contributed by atoms with E-state index in [-0.39, 0.29) is 30.9 Å². The van der Waals surface area contributed by atoms with Crippen LogP contribution in [-0.2, 0) is 9.59 Å². The summed E-state index contributed by atoms with van der Waals surface area (Å²) in [4.78, 5) is 23.1. The van der Waals surface area contributed by atoms with Crippen LogP contribution in [0.1, 0.15) is 19.3 Å². The normalized spacial score (nSPS) is 10.2. The van der Waals surface area contributed by atoms with E-state index in [1.165, 1.54) is 18.0 Å². The van der Waals surface area contributed by atoms with E-state index in [2.05, 4.69) is 0 Å². The van der Waals surface area contributed by atoms with Crippen molar-refractivity contribution in [1.29, 1.82) is 0 Å². The Morgan fingerprint density at radius 1 is 1.22 bits per heavy atom. The van der Waals surface area contributed by atoms with Gasteiger partial charge in [0, 0.05) is 31.6 Å². The highest BCUT2D eigenvalue weighted by Gasteiger charge is 2.13. The fourth-order valence-electron chi connectivity index (χ4n) is 1.40. The van der Waals surface area contributed by atoms with Crippen molar-refractivity contribution in [3.63, 3.8) is 0 Å². The third-order valence-corrected chi connectivity index (χ3v) is 2.45. The molecule has 98 valence electrons. The van der Waals surface area contributed by atoms with E-state index in [0.29, 0.717) is 0 Å². The molecule has 0 aliphatic heterocycles. The molecule has 0 radical (unpaired) electrons. The molecular weight excluding hydrogens is 244 g/mol. The first kappa shape index (κ1) is 14.1. The number of amides is 1. The number of benzene rings is 1. The van der Waals surface area contributed by atoms with Crippen molar-refractivity contribution in [2.45, 2.75) is 19.3 Å². The van der Waals surface area contributed by atoms with Gasteiger partial charge in [0.25, 0.3) is 0 Å². The summed E-state index contributed by atoms with van der Waals surface area (Å²) in [5.41, 5.74) is 0.231. The molecule has 0 saturated heterocycles. The first-order chi connectivity index (χ1) is 8.41. The van der Waals surface area contributed by atoms with Gasteiger partial charge in [0.2, 0.25) is 5.91 Å². The standard InChI is InChI=1S/C12H13F2NO3/c1-15(11(16)3-2-4-12(17)18)8-5-6-9(13)10(14)7-8/h5-7H,2-4H2,1H3,(H,17,18). The van der Waals surface area contributed by atoms with Gasteiger partial charge >= 0.3 is 5.97 Å². The zero-order valence-electron chi connectivity index (χ0n) is 9.82. The molecule has 0 fully saturated rings. The summed E-state index contributed by atoms with van der Waals surface area (Å²) in [5, 5.41) is 8.43. The van der Waals surface area contributed by atoms with Crippen LogP contribution in [0.5, 0.6) is 0 Å². The average Bonchev–Trinajstić information content (AvgIpc) is 2.31. The number of carbonyl (C=O) groups is 2. The maximum absolute atomic E-state index is 13.0. The molecule has 4 nitrogen and oxygen atoms in total. The van der Waals surface area contributed by atoms with Crippen LogP contribution in [0.25, 0.3) is 0 Å². The second kappa shape index (κ2) is 6.09. The van der Waals surface area contributed by atoms with Gasteiger partial charge in [-0.15, -0.1) is 0 Å².